The maximum Gasteiger partial charge on any atom is 0.335 e. The maximum absolute atomic E-state index is 11.1. The van der Waals surface area contributed by atoms with Gasteiger partial charge in [0.25, 0.3) is 0 Å². The third kappa shape index (κ3) is 4.89. The molecule has 0 radical (unpaired) electrons. The van der Waals surface area contributed by atoms with Crippen LogP contribution in [0.1, 0.15) is 48.0 Å². The van der Waals surface area contributed by atoms with E-state index in [1.54, 1.807) is 25.4 Å². The number of benzene rings is 1. The Morgan fingerprint density at radius 3 is 2.44 bits per heavy atom. The first-order chi connectivity index (χ1) is 12.7. The van der Waals surface area contributed by atoms with Crippen molar-refractivity contribution in [1.29, 1.82) is 0 Å². The number of rotatable bonds is 5. The molecule has 27 heavy (non-hydrogen) atoms. The summed E-state index contributed by atoms with van der Waals surface area (Å²) in [5.74, 6) is -1.03. The molecule has 6 heteroatoms. The minimum Gasteiger partial charge on any atom is -0.478 e. The fourth-order valence-electron chi connectivity index (χ4n) is 2.47. The molecule has 0 amide bonds. The van der Waals surface area contributed by atoms with Crippen LogP contribution in [-0.4, -0.2) is 35.5 Å². The van der Waals surface area contributed by atoms with Gasteiger partial charge in [-0.1, -0.05) is 38.4 Å². The van der Waals surface area contributed by atoms with Crippen molar-refractivity contribution in [3.8, 4) is 0 Å². The lowest BCUT2D eigenvalue weighted by atomic mass is 9.90. The first-order valence-corrected chi connectivity index (χ1v) is 8.70. The molecule has 5 nitrogen and oxygen atoms in total. The van der Waals surface area contributed by atoms with Crippen molar-refractivity contribution in [3.05, 3.63) is 70.0 Å². The summed E-state index contributed by atoms with van der Waals surface area (Å²) in [7, 11) is 1.64. The zero-order chi connectivity index (χ0) is 20.2. The molecule has 0 saturated carbocycles. The Kier molecular flexibility index (Phi) is 6.28. The largest absolute Gasteiger partial charge is 0.478 e. The molecular formula is C21H22ClN3O2. The molecule has 0 fully saturated rings. The maximum atomic E-state index is 11.1. The molecule has 0 bridgehead atoms. The van der Waals surface area contributed by atoms with E-state index in [1.807, 2.05) is 12.1 Å². The third-order valence-corrected chi connectivity index (χ3v) is 4.31. The molecule has 1 aromatic carbocycles. The van der Waals surface area contributed by atoms with Gasteiger partial charge in [0.05, 0.1) is 22.0 Å². The lowest BCUT2D eigenvalue weighted by molar-refractivity contribution is 0.0697. The quantitative estimate of drug-likeness (QED) is 0.747. The van der Waals surface area contributed by atoms with Gasteiger partial charge in [-0.25, -0.2) is 4.79 Å². The Morgan fingerprint density at radius 1 is 1.22 bits per heavy atom. The number of aliphatic imine (C=N–C) groups is 2. The second kappa shape index (κ2) is 8.27. The zero-order valence-electron chi connectivity index (χ0n) is 15.8. The molecule has 0 atom stereocenters. The van der Waals surface area contributed by atoms with Gasteiger partial charge in [-0.3, -0.25) is 15.0 Å². The molecule has 0 saturated heterocycles. The van der Waals surface area contributed by atoms with E-state index in [4.69, 9.17) is 16.7 Å². The number of allylic oxidation sites excluding steroid dienone is 1. The SMILES string of the molecule is C=N/C(=C\C(=NC)c1ccc(C(=O)O)cc1Cl)c1ccnc(C(C)(C)C)c1. The van der Waals surface area contributed by atoms with Gasteiger partial charge < -0.3 is 5.11 Å². The van der Waals surface area contributed by atoms with E-state index in [0.717, 1.165) is 11.3 Å². The van der Waals surface area contributed by atoms with Gasteiger partial charge in [-0.2, -0.15) is 0 Å². The molecule has 1 heterocycles. The number of pyridine rings is 1. The minimum absolute atomic E-state index is 0.0973. The standard InChI is InChI=1S/C21H22ClN3O2/c1-21(2,3)19-11-13(8-9-25-19)17(23-4)12-18(24-5)15-7-6-14(20(26)27)10-16(15)22/h6-12H,4H2,1-3,5H3,(H,26,27)/b17-12-,24-18?. The van der Waals surface area contributed by atoms with Crippen molar-refractivity contribution in [2.75, 3.05) is 7.05 Å². The van der Waals surface area contributed by atoms with Crippen LogP contribution in [0.2, 0.25) is 5.02 Å². The third-order valence-electron chi connectivity index (χ3n) is 4.00. The highest BCUT2D eigenvalue weighted by Crippen LogP contribution is 2.26. The Morgan fingerprint density at radius 2 is 1.93 bits per heavy atom. The molecule has 1 N–H and O–H groups in total. The van der Waals surface area contributed by atoms with Crippen LogP contribution in [0.5, 0.6) is 0 Å². The summed E-state index contributed by atoms with van der Waals surface area (Å²) in [6.45, 7) is 9.94. The van der Waals surface area contributed by atoms with E-state index >= 15 is 0 Å². The van der Waals surface area contributed by atoms with Crippen molar-refractivity contribution in [2.45, 2.75) is 26.2 Å². The van der Waals surface area contributed by atoms with E-state index in [0.29, 0.717) is 22.0 Å². The summed E-state index contributed by atoms with van der Waals surface area (Å²) in [6, 6.07) is 8.37. The topological polar surface area (TPSA) is 74.9 Å². The molecule has 2 rings (SSSR count). The Labute approximate surface area is 164 Å². The predicted molar refractivity (Wildman–Crippen MR) is 111 cm³/mol. The van der Waals surface area contributed by atoms with Gasteiger partial charge in [0.2, 0.25) is 0 Å². The zero-order valence-corrected chi connectivity index (χ0v) is 16.6. The molecule has 0 unspecified atom stereocenters. The minimum atomic E-state index is -1.03. The van der Waals surface area contributed by atoms with Crippen LogP contribution in [0.3, 0.4) is 0 Å². The fraction of sp³-hybridized carbons (Fsp3) is 0.238. The van der Waals surface area contributed by atoms with Gasteiger partial charge in [-0.15, -0.1) is 0 Å². The van der Waals surface area contributed by atoms with Crippen LogP contribution in [0, 0.1) is 0 Å². The number of aromatic carboxylic acids is 1. The number of hydrogen-bond donors (Lipinski definition) is 1. The van der Waals surface area contributed by atoms with Crippen LogP contribution in [-0.2, 0) is 5.41 Å². The molecular weight excluding hydrogens is 362 g/mol. The van der Waals surface area contributed by atoms with E-state index < -0.39 is 5.97 Å². The first-order valence-electron chi connectivity index (χ1n) is 8.32. The Balaban J connectivity index is 2.50. The summed E-state index contributed by atoms with van der Waals surface area (Å²) >= 11 is 6.28. The normalized spacial score (nSPS) is 12.8. The predicted octanol–water partition coefficient (Wildman–Crippen LogP) is 4.89. The molecule has 2 aromatic rings. The van der Waals surface area contributed by atoms with Crippen LogP contribution < -0.4 is 0 Å². The summed E-state index contributed by atoms with van der Waals surface area (Å²) in [5.41, 5.74) is 3.65. The summed E-state index contributed by atoms with van der Waals surface area (Å²) in [5, 5.41) is 9.40. The fourth-order valence-corrected chi connectivity index (χ4v) is 2.75. The lowest BCUT2D eigenvalue weighted by Crippen LogP contribution is -2.13. The Hall–Kier alpha value is -2.79. The summed E-state index contributed by atoms with van der Waals surface area (Å²) < 4.78 is 0. The average molecular weight is 384 g/mol. The molecule has 0 aliphatic rings. The molecule has 140 valence electrons. The summed E-state index contributed by atoms with van der Waals surface area (Å²) in [6.07, 6.45) is 3.52. The van der Waals surface area contributed by atoms with Crippen molar-refractivity contribution in [1.82, 2.24) is 4.98 Å². The van der Waals surface area contributed by atoms with Crippen LogP contribution in [0.15, 0.2) is 52.6 Å². The molecule has 0 aliphatic heterocycles. The highest BCUT2D eigenvalue weighted by atomic mass is 35.5. The highest BCUT2D eigenvalue weighted by molar-refractivity contribution is 6.35. The monoisotopic (exact) mass is 383 g/mol. The lowest BCUT2D eigenvalue weighted by Gasteiger charge is -2.18. The van der Waals surface area contributed by atoms with Gasteiger partial charge in [-0.05, 0) is 37.1 Å². The number of carboxylic acid groups (broad SMARTS) is 1. The average Bonchev–Trinajstić information content (AvgIpc) is 2.62. The molecule has 0 aliphatic carbocycles. The number of halogens is 1. The van der Waals surface area contributed by atoms with Gasteiger partial charge in [0.1, 0.15) is 0 Å². The number of nitrogens with zero attached hydrogens (tertiary/aromatic N) is 3. The van der Waals surface area contributed by atoms with E-state index in [1.165, 1.54) is 12.1 Å². The van der Waals surface area contributed by atoms with E-state index in [9.17, 15) is 4.79 Å². The van der Waals surface area contributed by atoms with E-state index in [-0.39, 0.29) is 11.0 Å². The first kappa shape index (κ1) is 20.5. The number of carboxylic acids is 1. The summed E-state index contributed by atoms with van der Waals surface area (Å²) in [4.78, 5) is 23.9. The second-order valence-corrected chi connectivity index (χ2v) is 7.38. The number of carbonyl (C=O) groups is 1. The van der Waals surface area contributed by atoms with Gasteiger partial charge >= 0.3 is 5.97 Å². The van der Waals surface area contributed by atoms with Gasteiger partial charge in [0, 0.05) is 35.5 Å². The molecule has 1 aromatic heterocycles. The smallest absolute Gasteiger partial charge is 0.335 e. The van der Waals surface area contributed by atoms with Crippen LogP contribution in [0.4, 0.5) is 0 Å². The number of hydrogen-bond acceptors (Lipinski definition) is 4. The molecule has 0 spiro atoms. The van der Waals surface area contributed by atoms with Crippen molar-refractivity contribution < 1.29 is 9.90 Å². The van der Waals surface area contributed by atoms with Gasteiger partial charge in [0.15, 0.2) is 0 Å². The van der Waals surface area contributed by atoms with Crippen molar-refractivity contribution >= 4 is 35.7 Å². The van der Waals surface area contributed by atoms with E-state index in [2.05, 4.69) is 42.5 Å². The highest BCUT2D eigenvalue weighted by Gasteiger charge is 2.17. The van der Waals surface area contributed by atoms with Crippen molar-refractivity contribution in [2.24, 2.45) is 9.98 Å². The number of aromatic nitrogens is 1. The Bertz CT molecular complexity index is 941. The van der Waals surface area contributed by atoms with Crippen molar-refractivity contribution in [3.63, 3.8) is 0 Å². The second-order valence-electron chi connectivity index (χ2n) is 6.98. The van der Waals surface area contributed by atoms with Crippen LogP contribution >= 0.6 is 11.6 Å². The van der Waals surface area contributed by atoms with Crippen LogP contribution in [0.25, 0.3) is 5.70 Å².